The van der Waals surface area contributed by atoms with Crippen LogP contribution in [0.4, 0.5) is 11.4 Å². The molecule has 1 aliphatic carbocycles. The van der Waals surface area contributed by atoms with Gasteiger partial charge in [-0.05, 0) is 37.3 Å². The Labute approximate surface area is 117 Å². The van der Waals surface area contributed by atoms with Gasteiger partial charge < -0.3 is 5.73 Å². The van der Waals surface area contributed by atoms with Crippen LogP contribution in [0, 0.1) is 23.0 Å². The highest BCUT2D eigenvalue weighted by atomic mass is 32.2. The number of hydrogen-bond acceptors (Lipinski definition) is 5. The van der Waals surface area contributed by atoms with Crippen LogP contribution in [0.15, 0.2) is 17.0 Å². The summed E-state index contributed by atoms with van der Waals surface area (Å²) in [6.07, 6.45) is 3.16. The standard InChI is InChI=1S/C12H17N3O4S/c1-8-5-10(13)11(15(16)17)6-12(8)20(18,19)14-7-9-3-2-4-9/h5-6,9,14H,2-4,7,13H2,1H3. The maximum Gasteiger partial charge on any atom is 0.293 e. The number of nitrogens with one attached hydrogen (secondary N) is 1. The van der Waals surface area contributed by atoms with Gasteiger partial charge >= 0.3 is 0 Å². The van der Waals surface area contributed by atoms with Gasteiger partial charge in [0.1, 0.15) is 5.69 Å². The zero-order valence-corrected chi connectivity index (χ0v) is 11.9. The van der Waals surface area contributed by atoms with Gasteiger partial charge in [0.05, 0.1) is 9.82 Å². The van der Waals surface area contributed by atoms with Crippen molar-refractivity contribution in [1.29, 1.82) is 0 Å². The summed E-state index contributed by atoms with van der Waals surface area (Å²) in [7, 11) is -3.74. The minimum atomic E-state index is -3.74. The van der Waals surface area contributed by atoms with E-state index in [4.69, 9.17) is 5.73 Å². The lowest BCUT2D eigenvalue weighted by Gasteiger charge is -2.25. The molecule has 8 heteroatoms. The summed E-state index contributed by atoms with van der Waals surface area (Å²) in [6.45, 7) is 1.94. The fourth-order valence-electron chi connectivity index (χ4n) is 2.15. The molecule has 20 heavy (non-hydrogen) atoms. The molecule has 1 aromatic rings. The molecular weight excluding hydrogens is 282 g/mol. The van der Waals surface area contributed by atoms with Gasteiger partial charge in [-0.15, -0.1) is 0 Å². The molecule has 0 heterocycles. The van der Waals surface area contributed by atoms with Crippen molar-refractivity contribution in [2.45, 2.75) is 31.1 Å². The zero-order valence-electron chi connectivity index (χ0n) is 11.1. The number of aryl methyl sites for hydroxylation is 1. The zero-order chi connectivity index (χ0) is 14.9. The number of anilines is 1. The van der Waals surface area contributed by atoms with E-state index >= 15 is 0 Å². The molecular formula is C12H17N3O4S. The molecule has 0 bridgehead atoms. The maximum absolute atomic E-state index is 12.2. The summed E-state index contributed by atoms with van der Waals surface area (Å²) >= 11 is 0. The Hall–Kier alpha value is -1.67. The molecule has 0 saturated heterocycles. The Morgan fingerprint density at radius 2 is 2.10 bits per heavy atom. The Balaban J connectivity index is 2.29. The molecule has 0 amide bonds. The molecule has 110 valence electrons. The first kappa shape index (κ1) is 14.7. The summed E-state index contributed by atoms with van der Waals surface area (Å²) in [5, 5.41) is 10.8. The van der Waals surface area contributed by atoms with Gasteiger partial charge in [0, 0.05) is 12.6 Å². The molecule has 0 unspecified atom stereocenters. The van der Waals surface area contributed by atoms with E-state index in [1.807, 2.05) is 0 Å². The average molecular weight is 299 g/mol. The van der Waals surface area contributed by atoms with Crippen molar-refractivity contribution >= 4 is 21.4 Å². The normalized spacial score (nSPS) is 15.8. The number of nitrogens with two attached hydrogens (primary N) is 1. The van der Waals surface area contributed by atoms with E-state index in [0.29, 0.717) is 18.0 Å². The number of sulfonamides is 1. The second kappa shape index (κ2) is 5.37. The van der Waals surface area contributed by atoms with Crippen molar-refractivity contribution in [3.63, 3.8) is 0 Å². The lowest BCUT2D eigenvalue weighted by Crippen LogP contribution is -2.32. The largest absolute Gasteiger partial charge is 0.393 e. The molecule has 0 aromatic heterocycles. The minimum absolute atomic E-state index is 0.0366. The molecule has 0 aliphatic heterocycles. The third-order valence-electron chi connectivity index (χ3n) is 3.60. The number of nitrogens with zero attached hydrogens (tertiary/aromatic N) is 1. The Bertz CT molecular complexity index is 638. The van der Waals surface area contributed by atoms with Crippen LogP contribution in [0.3, 0.4) is 0 Å². The van der Waals surface area contributed by atoms with E-state index in [0.717, 1.165) is 25.3 Å². The highest BCUT2D eigenvalue weighted by Crippen LogP contribution is 2.29. The number of nitro benzene ring substituents is 1. The van der Waals surface area contributed by atoms with E-state index in [-0.39, 0.29) is 16.3 Å². The monoisotopic (exact) mass is 299 g/mol. The molecule has 7 nitrogen and oxygen atoms in total. The molecule has 1 saturated carbocycles. The van der Waals surface area contributed by atoms with Gasteiger partial charge in [0.2, 0.25) is 10.0 Å². The lowest BCUT2D eigenvalue weighted by atomic mass is 9.86. The van der Waals surface area contributed by atoms with Crippen LogP contribution in [0.5, 0.6) is 0 Å². The van der Waals surface area contributed by atoms with E-state index in [1.165, 1.54) is 6.07 Å². The highest BCUT2D eigenvalue weighted by Gasteiger charge is 2.25. The quantitative estimate of drug-likeness (QED) is 0.486. The summed E-state index contributed by atoms with van der Waals surface area (Å²) in [5.41, 5.74) is 5.50. The van der Waals surface area contributed by atoms with Crippen LogP contribution >= 0.6 is 0 Å². The Morgan fingerprint density at radius 3 is 2.60 bits per heavy atom. The van der Waals surface area contributed by atoms with Gasteiger partial charge in [-0.2, -0.15) is 0 Å². The number of hydrogen-bond donors (Lipinski definition) is 2. The van der Waals surface area contributed by atoms with Crippen LogP contribution in [0.1, 0.15) is 24.8 Å². The van der Waals surface area contributed by atoms with Crippen molar-refractivity contribution < 1.29 is 13.3 Å². The first-order valence-corrected chi connectivity index (χ1v) is 7.84. The van der Waals surface area contributed by atoms with Crippen LogP contribution < -0.4 is 10.5 Å². The molecule has 1 fully saturated rings. The summed E-state index contributed by atoms with van der Waals surface area (Å²) in [5.74, 6) is 0.369. The summed E-state index contributed by atoms with van der Waals surface area (Å²) < 4.78 is 26.9. The first-order valence-electron chi connectivity index (χ1n) is 6.35. The molecule has 1 aliphatic rings. The Kier molecular flexibility index (Phi) is 3.96. The van der Waals surface area contributed by atoms with Crippen molar-refractivity contribution in [3.05, 3.63) is 27.8 Å². The van der Waals surface area contributed by atoms with Crippen molar-refractivity contribution in [2.75, 3.05) is 12.3 Å². The second-order valence-electron chi connectivity index (χ2n) is 5.08. The first-order chi connectivity index (χ1) is 9.31. The van der Waals surface area contributed by atoms with Crippen molar-refractivity contribution in [1.82, 2.24) is 4.72 Å². The Morgan fingerprint density at radius 1 is 1.45 bits per heavy atom. The highest BCUT2D eigenvalue weighted by molar-refractivity contribution is 7.89. The topological polar surface area (TPSA) is 115 Å². The van der Waals surface area contributed by atoms with Crippen LogP contribution in [-0.2, 0) is 10.0 Å². The number of nitrogen functional groups attached to an aromatic ring is 1. The van der Waals surface area contributed by atoms with Crippen LogP contribution in [0.2, 0.25) is 0 Å². The lowest BCUT2D eigenvalue weighted by molar-refractivity contribution is -0.384. The van der Waals surface area contributed by atoms with Gasteiger partial charge in [-0.3, -0.25) is 10.1 Å². The third kappa shape index (κ3) is 2.91. The van der Waals surface area contributed by atoms with E-state index in [1.54, 1.807) is 6.92 Å². The number of rotatable bonds is 5. The fourth-order valence-corrected chi connectivity index (χ4v) is 3.51. The SMILES string of the molecule is Cc1cc(N)c([N+](=O)[O-])cc1S(=O)(=O)NCC1CCC1. The molecule has 1 aromatic carbocycles. The smallest absolute Gasteiger partial charge is 0.293 e. The molecule has 3 N–H and O–H groups in total. The average Bonchev–Trinajstić information content (AvgIpc) is 2.25. The van der Waals surface area contributed by atoms with Gasteiger partial charge in [-0.1, -0.05) is 6.42 Å². The van der Waals surface area contributed by atoms with Gasteiger partial charge in [0.25, 0.3) is 5.69 Å². The molecule has 0 spiro atoms. The minimum Gasteiger partial charge on any atom is -0.393 e. The summed E-state index contributed by atoms with van der Waals surface area (Å²) in [6, 6.07) is 2.34. The second-order valence-corrected chi connectivity index (χ2v) is 6.82. The van der Waals surface area contributed by atoms with Gasteiger partial charge in [-0.25, -0.2) is 13.1 Å². The number of benzene rings is 1. The molecule has 2 rings (SSSR count). The van der Waals surface area contributed by atoms with Crippen molar-refractivity contribution in [3.8, 4) is 0 Å². The maximum atomic E-state index is 12.2. The third-order valence-corrected chi connectivity index (χ3v) is 5.16. The fraction of sp³-hybridized carbons (Fsp3) is 0.500. The summed E-state index contributed by atoms with van der Waals surface area (Å²) in [4.78, 5) is 10.1. The van der Waals surface area contributed by atoms with E-state index in [9.17, 15) is 18.5 Å². The number of nitro groups is 1. The molecule has 0 radical (unpaired) electrons. The van der Waals surface area contributed by atoms with E-state index in [2.05, 4.69) is 4.72 Å². The van der Waals surface area contributed by atoms with Crippen molar-refractivity contribution in [2.24, 2.45) is 5.92 Å². The van der Waals surface area contributed by atoms with Gasteiger partial charge in [0.15, 0.2) is 0 Å². The predicted molar refractivity (Wildman–Crippen MR) is 74.8 cm³/mol. The van der Waals surface area contributed by atoms with Crippen LogP contribution in [-0.4, -0.2) is 19.9 Å². The van der Waals surface area contributed by atoms with Crippen LogP contribution in [0.25, 0.3) is 0 Å². The predicted octanol–water partition coefficient (Wildman–Crippen LogP) is 1.56. The van der Waals surface area contributed by atoms with E-state index < -0.39 is 14.9 Å². The molecule has 0 atom stereocenters.